The van der Waals surface area contributed by atoms with Gasteiger partial charge in [0.2, 0.25) is 11.2 Å². The van der Waals surface area contributed by atoms with E-state index >= 15 is 0 Å². The van der Waals surface area contributed by atoms with Crippen LogP contribution in [0.3, 0.4) is 0 Å². The van der Waals surface area contributed by atoms with Gasteiger partial charge in [-0.2, -0.15) is 0 Å². The zero-order valence-electron chi connectivity index (χ0n) is 17.4. The molecule has 1 aromatic carbocycles. The minimum Gasteiger partial charge on any atom is -0.342 e. The van der Waals surface area contributed by atoms with Gasteiger partial charge in [-0.3, -0.25) is 4.79 Å². The molecular formula is C24H30ClN3O. The second-order valence-corrected chi connectivity index (χ2v) is 9.24. The standard InChI is InChI=1S/C24H30ClN3O/c1-16(2)20-10-12-28(15-20)23(29)14-18-6-4-3-5-17-13-19(7-8-21(17)18)22-9-11-26-24(25)27-22/h7-9,11,13,16,18,20H,3-6,10,12,14-15H2,1-2H3. The molecule has 4 nitrogen and oxygen atoms in total. The fourth-order valence-electron chi connectivity index (χ4n) is 4.85. The molecule has 2 aromatic rings. The van der Waals surface area contributed by atoms with Crippen LogP contribution in [0.2, 0.25) is 5.28 Å². The van der Waals surface area contributed by atoms with E-state index in [1.165, 1.54) is 24.0 Å². The highest BCUT2D eigenvalue weighted by molar-refractivity contribution is 6.28. The number of carbonyl (C=O) groups excluding carboxylic acids is 1. The summed E-state index contributed by atoms with van der Waals surface area (Å²) in [6.07, 6.45) is 7.98. The summed E-state index contributed by atoms with van der Waals surface area (Å²) >= 11 is 5.97. The molecule has 154 valence electrons. The van der Waals surface area contributed by atoms with Crippen LogP contribution in [-0.2, 0) is 11.2 Å². The summed E-state index contributed by atoms with van der Waals surface area (Å²) in [5.41, 5.74) is 4.62. The molecule has 5 heteroatoms. The summed E-state index contributed by atoms with van der Waals surface area (Å²) in [5.74, 6) is 1.96. The lowest BCUT2D eigenvalue weighted by Crippen LogP contribution is -2.30. The third-order valence-corrected chi connectivity index (χ3v) is 6.88. The van der Waals surface area contributed by atoms with Crippen molar-refractivity contribution >= 4 is 17.5 Å². The minimum atomic E-state index is 0.270. The van der Waals surface area contributed by atoms with Crippen LogP contribution >= 0.6 is 11.6 Å². The van der Waals surface area contributed by atoms with Crippen LogP contribution in [0.5, 0.6) is 0 Å². The van der Waals surface area contributed by atoms with Crippen molar-refractivity contribution in [2.24, 2.45) is 11.8 Å². The normalized spacial score (nSPS) is 21.9. The zero-order chi connectivity index (χ0) is 20.4. The van der Waals surface area contributed by atoms with E-state index in [0.717, 1.165) is 43.6 Å². The Morgan fingerprint density at radius 1 is 1.24 bits per heavy atom. The first-order valence-electron chi connectivity index (χ1n) is 10.9. The fraction of sp³-hybridized carbons (Fsp3) is 0.542. The van der Waals surface area contributed by atoms with Crippen LogP contribution in [0.4, 0.5) is 0 Å². The molecule has 2 heterocycles. The lowest BCUT2D eigenvalue weighted by molar-refractivity contribution is -0.130. The van der Waals surface area contributed by atoms with Crippen LogP contribution in [0.15, 0.2) is 30.5 Å². The Hall–Kier alpha value is -1.94. The number of fused-ring (bicyclic) bond motifs is 1. The smallest absolute Gasteiger partial charge is 0.223 e. The van der Waals surface area contributed by atoms with E-state index in [4.69, 9.17) is 11.6 Å². The summed E-state index contributed by atoms with van der Waals surface area (Å²) in [6, 6.07) is 8.46. The summed E-state index contributed by atoms with van der Waals surface area (Å²) in [6.45, 7) is 6.39. The van der Waals surface area contributed by atoms with E-state index in [1.807, 2.05) is 6.07 Å². The summed E-state index contributed by atoms with van der Waals surface area (Å²) < 4.78 is 0. The van der Waals surface area contributed by atoms with E-state index in [1.54, 1.807) is 6.20 Å². The Balaban J connectivity index is 1.52. The lowest BCUT2D eigenvalue weighted by atomic mass is 9.88. The predicted molar refractivity (Wildman–Crippen MR) is 117 cm³/mol. The topological polar surface area (TPSA) is 46.1 Å². The fourth-order valence-corrected chi connectivity index (χ4v) is 4.99. The van der Waals surface area contributed by atoms with E-state index < -0.39 is 0 Å². The molecule has 2 unspecified atom stereocenters. The third-order valence-electron chi connectivity index (χ3n) is 6.69. The molecule has 2 aliphatic rings. The van der Waals surface area contributed by atoms with Gasteiger partial charge in [-0.15, -0.1) is 0 Å². The molecule has 1 saturated heterocycles. The number of aryl methyl sites for hydroxylation is 1. The van der Waals surface area contributed by atoms with Gasteiger partial charge in [-0.05, 0) is 78.3 Å². The quantitative estimate of drug-likeness (QED) is 0.492. The number of hydrogen-bond donors (Lipinski definition) is 0. The first-order chi connectivity index (χ1) is 14.0. The van der Waals surface area contributed by atoms with E-state index in [-0.39, 0.29) is 5.28 Å². The lowest BCUT2D eigenvalue weighted by Gasteiger charge is -2.23. The molecular weight excluding hydrogens is 382 g/mol. The van der Waals surface area contributed by atoms with Crippen molar-refractivity contribution in [3.05, 3.63) is 46.9 Å². The number of aromatic nitrogens is 2. The third kappa shape index (κ3) is 4.63. The monoisotopic (exact) mass is 411 g/mol. The molecule has 0 bridgehead atoms. The second kappa shape index (κ2) is 8.83. The number of halogens is 1. The van der Waals surface area contributed by atoms with Gasteiger partial charge in [0, 0.05) is 31.3 Å². The number of nitrogens with zero attached hydrogens (tertiary/aromatic N) is 3. The van der Waals surface area contributed by atoms with Gasteiger partial charge in [0.25, 0.3) is 0 Å². The van der Waals surface area contributed by atoms with Crippen molar-refractivity contribution in [1.29, 1.82) is 0 Å². The van der Waals surface area contributed by atoms with Gasteiger partial charge in [0.05, 0.1) is 5.69 Å². The second-order valence-electron chi connectivity index (χ2n) is 8.90. The molecule has 1 amide bonds. The number of rotatable bonds is 4. The van der Waals surface area contributed by atoms with E-state index in [0.29, 0.717) is 30.1 Å². The van der Waals surface area contributed by atoms with Crippen molar-refractivity contribution in [2.75, 3.05) is 13.1 Å². The van der Waals surface area contributed by atoms with Gasteiger partial charge in [0.1, 0.15) is 0 Å². The van der Waals surface area contributed by atoms with Crippen molar-refractivity contribution in [2.45, 2.75) is 58.3 Å². The van der Waals surface area contributed by atoms with Crippen molar-refractivity contribution in [3.63, 3.8) is 0 Å². The highest BCUT2D eigenvalue weighted by atomic mass is 35.5. The van der Waals surface area contributed by atoms with Crippen molar-refractivity contribution in [1.82, 2.24) is 14.9 Å². The number of carbonyl (C=O) groups is 1. The van der Waals surface area contributed by atoms with Gasteiger partial charge in [-0.25, -0.2) is 9.97 Å². The highest BCUT2D eigenvalue weighted by Gasteiger charge is 2.30. The van der Waals surface area contributed by atoms with Gasteiger partial charge in [0.15, 0.2) is 0 Å². The Morgan fingerprint density at radius 2 is 2.10 bits per heavy atom. The SMILES string of the molecule is CC(C)C1CCN(C(=O)CC2CCCCc3cc(-c4ccnc(Cl)n4)ccc32)C1. The molecule has 0 N–H and O–H groups in total. The summed E-state index contributed by atoms with van der Waals surface area (Å²) in [5, 5.41) is 0.270. The zero-order valence-corrected chi connectivity index (χ0v) is 18.2. The van der Waals surface area contributed by atoms with Gasteiger partial charge < -0.3 is 4.90 Å². The maximum Gasteiger partial charge on any atom is 0.223 e. The Kier molecular flexibility index (Phi) is 6.19. The largest absolute Gasteiger partial charge is 0.342 e. The molecule has 2 atom stereocenters. The van der Waals surface area contributed by atoms with Crippen LogP contribution in [0.25, 0.3) is 11.3 Å². The number of likely N-dealkylation sites (tertiary alicyclic amines) is 1. The first kappa shape index (κ1) is 20.3. The van der Waals surface area contributed by atoms with Gasteiger partial charge >= 0.3 is 0 Å². The summed E-state index contributed by atoms with van der Waals surface area (Å²) in [7, 11) is 0. The van der Waals surface area contributed by atoms with E-state index in [2.05, 4.69) is 46.9 Å². The molecule has 0 spiro atoms. The Bertz CT molecular complexity index is 882. The van der Waals surface area contributed by atoms with Crippen LogP contribution in [0.1, 0.15) is 63.0 Å². The number of benzene rings is 1. The predicted octanol–water partition coefficient (Wildman–Crippen LogP) is 5.50. The number of amides is 1. The molecule has 1 aliphatic heterocycles. The molecule has 29 heavy (non-hydrogen) atoms. The average Bonchev–Trinajstić information content (AvgIpc) is 3.13. The summed E-state index contributed by atoms with van der Waals surface area (Å²) in [4.78, 5) is 23.5. The van der Waals surface area contributed by atoms with Crippen LogP contribution in [0, 0.1) is 11.8 Å². The maximum atomic E-state index is 13.0. The van der Waals surface area contributed by atoms with Crippen molar-refractivity contribution in [3.8, 4) is 11.3 Å². The van der Waals surface area contributed by atoms with E-state index in [9.17, 15) is 4.79 Å². The molecule has 0 radical (unpaired) electrons. The highest BCUT2D eigenvalue weighted by Crippen LogP contribution is 2.36. The molecule has 1 aliphatic carbocycles. The van der Waals surface area contributed by atoms with Crippen molar-refractivity contribution < 1.29 is 4.79 Å². The molecule has 1 fully saturated rings. The Morgan fingerprint density at radius 3 is 2.86 bits per heavy atom. The average molecular weight is 412 g/mol. The minimum absolute atomic E-state index is 0.270. The molecule has 4 rings (SSSR count). The molecule has 0 saturated carbocycles. The number of hydrogen-bond acceptors (Lipinski definition) is 3. The van der Waals surface area contributed by atoms with Crippen LogP contribution < -0.4 is 0 Å². The van der Waals surface area contributed by atoms with Crippen LogP contribution in [-0.4, -0.2) is 33.9 Å². The Labute approximate surface area is 178 Å². The van der Waals surface area contributed by atoms with Gasteiger partial charge in [-0.1, -0.05) is 32.4 Å². The maximum absolute atomic E-state index is 13.0. The molecule has 1 aromatic heterocycles. The first-order valence-corrected chi connectivity index (χ1v) is 11.3.